The monoisotopic (exact) mass is 249 g/mol. The van der Waals surface area contributed by atoms with Crippen LogP contribution in [0.2, 0.25) is 0 Å². The van der Waals surface area contributed by atoms with Crippen molar-refractivity contribution in [2.75, 3.05) is 7.05 Å². The molecular formula is C15H27N3. The molecule has 1 fully saturated rings. The Bertz CT molecular complexity index is 364. The molecule has 0 aliphatic heterocycles. The van der Waals surface area contributed by atoms with E-state index in [-0.39, 0.29) is 0 Å². The highest BCUT2D eigenvalue weighted by molar-refractivity contribution is 5.10. The highest BCUT2D eigenvalue weighted by atomic mass is 15.3. The van der Waals surface area contributed by atoms with Gasteiger partial charge in [-0.15, -0.1) is 0 Å². The molecule has 1 saturated carbocycles. The Morgan fingerprint density at radius 2 is 2.11 bits per heavy atom. The summed E-state index contributed by atoms with van der Waals surface area (Å²) in [7, 11) is 4.15. The fourth-order valence-electron chi connectivity index (χ4n) is 3.24. The summed E-state index contributed by atoms with van der Waals surface area (Å²) in [6.45, 7) is 2.07. The van der Waals surface area contributed by atoms with Gasteiger partial charge in [-0.25, -0.2) is 0 Å². The van der Waals surface area contributed by atoms with E-state index in [1.54, 1.807) is 0 Å². The van der Waals surface area contributed by atoms with Crippen molar-refractivity contribution < 1.29 is 0 Å². The van der Waals surface area contributed by atoms with Crippen LogP contribution >= 0.6 is 0 Å². The lowest BCUT2D eigenvalue weighted by Gasteiger charge is -2.26. The molecule has 0 saturated heterocycles. The van der Waals surface area contributed by atoms with Gasteiger partial charge in [0.2, 0.25) is 0 Å². The SMILES string of the molecule is CNC(Cc1cc(C)nn1C)CC1CCCCC1. The fraction of sp³-hybridized carbons (Fsp3) is 0.800. The molecule has 0 spiro atoms. The summed E-state index contributed by atoms with van der Waals surface area (Å²) in [6, 6.07) is 2.81. The van der Waals surface area contributed by atoms with E-state index in [2.05, 4.69) is 37.5 Å². The minimum absolute atomic E-state index is 0.600. The predicted molar refractivity (Wildman–Crippen MR) is 75.7 cm³/mol. The van der Waals surface area contributed by atoms with Crippen molar-refractivity contribution in [3.63, 3.8) is 0 Å². The van der Waals surface area contributed by atoms with Crippen molar-refractivity contribution in [3.05, 3.63) is 17.5 Å². The molecule has 18 heavy (non-hydrogen) atoms. The molecule has 1 heterocycles. The van der Waals surface area contributed by atoms with Gasteiger partial charge in [0.05, 0.1) is 5.69 Å². The van der Waals surface area contributed by atoms with Crippen LogP contribution in [0.5, 0.6) is 0 Å². The van der Waals surface area contributed by atoms with Crippen LogP contribution in [0, 0.1) is 12.8 Å². The van der Waals surface area contributed by atoms with E-state index in [1.165, 1.54) is 44.2 Å². The molecule has 3 heteroatoms. The molecule has 1 atom stereocenters. The van der Waals surface area contributed by atoms with Gasteiger partial charge >= 0.3 is 0 Å². The van der Waals surface area contributed by atoms with Crippen LogP contribution in [0.25, 0.3) is 0 Å². The van der Waals surface area contributed by atoms with Crippen LogP contribution in [-0.4, -0.2) is 22.9 Å². The van der Waals surface area contributed by atoms with Crippen molar-refractivity contribution in [3.8, 4) is 0 Å². The molecule has 1 aliphatic carbocycles. The van der Waals surface area contributed by atoms with E-state index >= 15 is 0 Å². The maximum absolute atomic E-state index is 4.43. The van der Waals surface area contributed by atoms with Crippen molar-refractivity contribution >= 4 is 0 Å². The molecule has 0 amide bonds. The quantitative estimate of drug-likeness (QED) is 0.869. The summed E-state index contributed by atoms with van der Waals surface area (Å²) >= 11 is 0. The lowest BCUT2D eigenvalue weighted by molar-refractivity contribution is 0.301. The van der Waals surface area contributed by atoms with E-state index in [0.717, 1.165) is 18.0 Å². The molecule has 1 unspecified atom stereocenters. The van der Waals surface area contributed by atoms with Crippen molar-refractivity contribution in [1.29, 1.82) is 0 Å². The summed E-state index contributed by atoms with van der Waals surface area (Å²) in [5, 5.41) is 7.93. The molecule has 102 valence electrons. The number of hydrogen-bond donors (Lipinski definition) is 1. The summed E-state index contributed by atoms with van der Waals surface area (Å²) in [5.41, 5.74) is 2.47. The zero-order valence-corrected chi connectivity index (χ0v) is 12.1. The lowest BCUT2D eigenvalue weighted by atomic mass is 9.84. The molecule has 1 N–H and O–H groups in total. The number of nitrogens with one attached hydrogen (secondary N) is 1. The molecule has 0 aromatic carbocycles. The second-order valence-corrected chi connectivity index (χ2v) is 5.83. The second kappa shape index (κ2) is 6.37. The van der Waals surface area contributed by atoms with E-state index in [1.807, 2.05) is 4.68 Å². The predicted octanol–water partition coefficient (Wildman–Crippen LogP) is 2.83. The van der Waals surface area contributed by atoms with E-state index in [4.69, 9.17) is 0 Å². The van der Waals surface area contributed by atoms with Gasteiger partial charge in [-0.1, -0.05) is 32.1 Å². The Morgan fingerprint density at radius 1 is 1.39 bits per heavy atom. The number of aryl methyl sites for hydroxylation is 2. The zero-order chi connectivity index (χ0) is 13.0. The van der Waals surface area contributed by atoms with Gasteiger partial charge in [0.1, 0.15) is 0 Å². The Hall–Kier alpha value is -0.830. The summed E-state index contributed by atoms with van der Waals surface area (Å²) in [4.78, 5) is 0. The van der Waals surface area contributed by atoms with Crippen molar-refractivity contribution in [2.24, 2.45) is 13.0 Å². The second-order valence-electron chi connectivity index (χ2n) is 5.83. The van der Waals surface area contributed by atoms with Gasteiger partial charge in [0.15, 0.2) is 0 Å². The van der Waals surface area contributed by atoms with Gasteiger partial charge < -0.3 is 5.32 Å². The standard InChI is InChI=1S/C15H27N3/c1-12-9-15(18(3)17-12)11-14(16-2)10-13-7-5-4-6-8-13/h9,13-14,16H,4-8,10-11H2,1-3H3. The van der Waals surface area contributed by atoms with E-state index in [9.17, 15) is 0 Å². The third-order valence-corrected chi connectivity index (χ3v) is 4.31. The Kier molecular flexibility index (Phi) is 4.81. The van der Waals surface area contributed by atoms with Crippen LogP contribution in [-0.2, 0) is 13.5 Å². The number of rotatable bonds is 5. The summed E-state index contributed by atoms with van der Waals surface area (Å²) < 4.78 is 2.03. The van der Waals surface area contributed by atoms with Gasteiger partial charge in [-0.3, -0.25) is 4.68 Å². The molecule has 1 aliphatic rings. The highest BCUT2D eigenvalue weighted by Crippen LogP contribution is 2.28. The first-order valence-corrected chi connectivity index (χ1v) is 7.36. The number of aromatic nitrogens is 2. The number of nitrogens with zero attached hydrogens (tertiary/aromatic N) is 2. The lowest BCUT2D eigenvalue weighted by Crippen LogP contribution is -2.31. The molecule has 3 nitrogen and oxygen atoms in total. The molecule has 2 rings (SSSR count). The Morgan fingerprint density at radius 3 is 2.67 bits per heavy atom. The van der Waals surface area contributed by atoms with E-state index in [0.29, 0.717) is 6.04 Å². The molecule has 0 radical (unpaired) electrons. The first kappa shape index (κ1) is 13.6. The minimum Gasteiger partial charge on any atom is -0.317 e. The molecule has 1 aromatic rings. The first-order chi connectivity index (χ1) is 8.69. The number of hydrogen-bond acceptors (Lipinski definition) is 2. The van der Waals surface area contributed by atoms with Crippen molar-refractivity contribution in [1.82, 2.24) is 15.1 Å². The van der Waals surface area contributed by atoms with E-state index < -0.39 is 0 Å². The van der Waals surface area contributed by atoms with Gasteiger partial charge in [0.25, 0.3) is 0 Å². The molecule has 1 aromatic heterocycles. The summed E-state index contributed by atoms with van der Waals surface area (Å²) in [6.07, 6.45) is 9.61. The Labute approximate surface area is 111 Å². The smallest absolute Gasteiger partial charge is 0.0596 e. The largest absolute Gasteiger partial charge is 0.317 e. The average Bonchev–Trinajstić information content (AvgIpc) is 2.68. The average molecular weight is 249 g/mol. The van der Waals surface area contributed by atoms with Crippen LogP contribution < -0.4 is 5.32 Å². The highest BCUT2D eigenvalue weighted by Gasteiger charge is 2.19. The molecule has 0 bridgehead atoms. The number of likely N-dealkylation sites (N-methyl/N-ethyl adjacent to an activating group) is 1. The summed E-state index contributed by atoms with van der Waals surface area (Å²) in [5.74, 6) is 0.936. The normalized spacial score (nSPS) is 19.1. The first-order valence-electron chi connectivity index (χ1n) is 7.36. The van der Waals surface area contributed by atoms with Crippen molar-refractivity contribution in [2.45, 2.75) is 57.9 Å². The van der Waals surface area contributed by atoms with Crippen LogP contribution in [0.3, 0.4) is 0 Å². The minimum atomic E-state index is 0.600. The van der Waals surface area contributed by atoms with Gasteiger partial charge in [0, 0.05) is 25.2 Å². The maximum atomic E-state index is 4.43. The topological polar surface area (TPSA) is 29.9 Å². The van der Waals surface area contributed by atoms with Crippen LogP contribution in [0.15, 0.2) is 6.07 Å². The maximum Gasteiger partial charge on any atom is 0.0596 e. The third-order valence-electron chi connectivity index (χ3n) is 4.31. The Balaban J connectivity index is 1.90. The van der Waals surface area contributed by atoms with Crippen LogP contribution in [0.1, 0.15) is 49.9 Å². The molecular weight excluding hydrogens is 222 g/mol. The fourth-order valence-corrected chi connectivity index (χ4v) is 3.24. The van der Waals surface area contributed by atoms with Gasteiger partial charge in [-0.2, -0.15) is 5.10 Å². The van der Waals surface area contributed by atoms with Crippen LogP contribution in [0.4, 0.5) is 0 Å². The van der Waals surface area contributed by atoms with Gasteiger partial charge in [-0.05, 0) is 32.4 Å². The third kappa shape index (κ3) is 3.58. The zero-order valence-electron chi connectivity index (χ0n) is 12.1.